The highest BCUT2D eigenvalue weighted by Gasteiger charge is 2.65. The standard InChI is InChI=1S/C15H26O/c1-9(2)11-5-12-14(3)6-10(11)7-15(12,4)13(16)8-14/h9-13,16H,5-8H2,1-4H3/t10-,11-,12+,13-,14+,15+/m0/s1. The van der Waals surface area contributed by atoms with Crippen LogP contribution in [0.15, 0.2) is 0 Å². The van der Waals surface area contributed by atoms with Crippen molar-refractivity contribution in [3.8, 4) is 0 Å². The number of hydrogen-bond donors (Lipinski definition) is 1. The molecule has 0 aromatic heterocycles. The van der Waals surface area contributed by atoms with Crippen molar-refractivity contribution in [2.75, 3.05) is 0 Å². The van der Waals surface area contributed by atoms with Gasteiger partial charge in [0.1, 0.15) is 0 Å². The quantitative estimate of drug-likeness (QED) is 0.720. The van der Waals surface area contributed by atoms with E-state index >= 15 is 0 Å². The Labute approximate surface area is 99.6 Å². The van der Waals surface area contributed by atoms with E-state index in [1.165, 1.54) is 19.3 Å². The predicted molar refractivity (Wildman–Crippen MR) is 66.0 cm³/mol. The molecule has 4 rings (SSSR count). The van der Waals surface area contributed by atoms with E-state index in [0.29, 0.717) is 5.41 Å². The molecular formula is C15H26O. The Bertz CT molecular complexity index is 311. The second-order valence-electron chi connectivity index (χ2n) is 7.74. The number of aliphatic hydroxyl groups excluding tert-OH is 1. The van der Waals surface area contributed by atoms with Gasteiger partial charge in [-0.2, -0.15) is 0 Å². The van der Waals surface area contributed by atoms with Crippen LogP contribution in [0.4, 0.5) is 0 Å². The van der Waals surface area contributed by atoms with Gasteiger partial charge in [-0.15, -0.1) is 0 Å². The van der Waals surface area contributed by atoms with Gasteiger partial charge in [0.25, 0.3) is 0 Å². The third-order valence-corrected chi connectivity index (χ3v) is 6.46. The van der Waals surface area contributed by atoms with Crippen LogP contribution in [0.2, 0.25) is 0 Å². The van der Waals surface area contributed by atoms with E-state index in [9.17, 15) is 5.11 Å². The highest BCUT2D eigenvalue weighted by molar-refractivity contribution is 5.14. The Kier molecular flexibility index (Phi) is 2.11. The van der Waals surface area contributed by atoms with Crippen molar-refractivity contribution >= 4 is 0 Å². The van der Waals surface area contributed by atoms with Crippen LogP contribution >= 0.6 is 0 Å². The molecule has 0 aliphatic heterocycles. The maximum atomic E-state index is 10.4. The molecule has 0 radical (unpaired) electrons. The molecule has 16 heavy (non-hydrogen) atoms. The first-order chi connectivity index (χ1) is 7.37. The minimum atomic E-state index is -0.0272. The van der Waals surface area contributed by atoms with Crippen LogP contribution in [0.3, 0.4) is 0 Å². The first kappa shape index (κ1) is 11.1. The summed E-state index contributed by atoms with van der Waals surface area (Å²) in [5.41, 5.74) is 0.714. The van der Waals surface area contributed by atoms with Crippen LogP contribution < -0.4 is 0 Å². The van der Waals surface area contributed by atoms with Crippen LogP contribution in [0.1, 0.15) is 53.4 Å². The van der Waals surface area contributed by atoms with Crippen LogP contribution in [-0.2, 0) is 0 Å². The molecular weight excluding hydrogens is 196 g/mol. The summed E-state index contributed by atoms with van der Waals surface area (Å²) in [6, 6.07) is 0. The third kappa shape index (κ3) is 1.16. The van der Waals surface area contributed by atoms with Crippen molar-refractivity contribution in [2.45, 2.75) is 59.5 Å². The molecule has 4 aliphatic rings. The van der Waals surface area contributed by atoms with Gasteiger partial charge in [0.2, 0.25) is 0 Å². The molecule has 0 amide bonds. The summed E-state index contributed by atoms with van der Waals surface area (Å²) in [5.74, 6) is 3.43. The summed E-state index contributed by atoms with van der Waals surface area (Å²) in [6.07, 6.45) is 5.09. The fourth-order valence-corrected chi connectivity index (χ4v) is 5.72. The van der Waals surface area contributed by atoms with E-state index in [2.05, 4.69) is 27.7 Å². The van der Waals surface area contributed by atoms with Crippen molar-refractivity contribution in [1.29, 1.82) is 0 Å². The Morgan fingerprint density at radius 3 is 2.31 bits per heavy atom. The molecule has 0 aromatic carbocycles. The maximum absolute atomic E-state index is 10.4. The third-order valence-electron chi connectivity index (χ3n) is 6.46. The summed E-state index contributed by atoms with van der Waals surface area (Å²) in [6.45, 7) is 9.56. The summed E-state index contributed by atoms with van der Waals surface area (Å²) in [7, 11) is 0. The Morgan fingerprint density at radius 1 is 1.12 bits per heavy atom. The van der Waals surface area contributed by atoms with E-state index in [0.717, 1.165) is 30.1 Å². The lowest BCUT2D eigenvalue weighted by molar-refractivity contribution is -0.102. The van der Waals surface area contributed by atoms with Gasteiger partial charge in [-0.25, -0.2) is 0 Å². The van der Waals surface area contributed by atoms with Gasteiger partial charge in [0.15, 0.2) is 0 Å². The molecule has 6 atom stereocenters. The average molecular weight is 222 g/mol. The van der Waals surface area contributed by atoms with Crippen molar-refractivity contribution in [1.82, 2.24) is 0 Å². The van der Waals surface area contributed by atoms with E-state index in [4.69, 9.17) is 0 Å². The number of aliphatic hydroxyl groups is 1. The first-order valence-corrected chi connectivity index (χ1v) is 7.05. The fraction of sp³-hybridized carbons (Fsp3) is 1.00. The zero-order chi connectivity index (χ0) is 11.7. The number of rotatable bonds is 1. The zero-order valence-electron chi connectivity index (χ0n) is 11.2. The van der Waals surface area contributed by atoms with Crippen molar-refractivity contribution in [2.24, 2.45) is 34.5 Å². The van der Waals surface area contributed by atoms with E-state index in [1.807, 2.05) is 0 Å². The van der Waals surface area contributed by atoms with Crippen LogP contribution in [0, 0.1) is 34.5 Å². The molecule has 1 N–H and O–H groups in total. The number of fused-ring (bicyclic) bond motifs is 1. The predicted octanol–water partition coefficient (Wildman–Crippen LogP) is 3.47. The van der Waals surface area contributed by atoms with Crippen LogP contribution in [-0.4, -0.2) is 11.2 Å². The van der Waals surface area contributed by atoms with Crippen molar-refractivity contribution in [3.05, 3.63) is 0 Å². The second-order valence-corrected chi connectivity index (χ2v) is 7.74. The zero-order valence-corrected chi connectivity index (χ0v) is 11.2. The summed E-state index contributed by atoms with van der Waals surface area (Å²) in [4.78, 5) is 0. The van der Waals surface area contributed by atoms with Gasteiger partial charge in [-0.1, -0.05) is 27.7 Å². The number of hydrogen-bond acceptors (Lipinski definition) is 1. The van der Waals surface area contributed by atoms with Crippen molar-refractivity contribution in [3.63, 3.8) is 0 Å². The molecule has 92 valence electrons. The second kappa shape index (κ2) is 3.04. The normalized spacial score (nSPS) is 59.6. The lowest BCUT2D eigenvalue weighted by atomic mass is 9.47. The van der Waals surface area contributed by atoms with Gasteiger partial charge in [0.05, 0.1) is 6.10 Å². The van der Waals surface area contributed by atoms with Gasteiger partial charge >= 0.3 is 0 Å². The van der Waals surface area contributed by atoms with E-state index < -0.39 is 0 Å². The molecule has 0 heterocycles. The Hall–Kier alpha value is -0.0400. The molecule has 4 saturated carbocycles. The van der Waals surface area contributed by atoms with Gasteiger partial charge < -0.3 is 5.11 Å². The molecule has 0 unspecified atom stereocenters. The molecule has 4 bridgehead atoms. The molecule has 1 heteroatoms. The van der Waals surface area contributed by atoms with E-state index in [1.54, 1.807) is 0 Å². The molecule has 0 spiro atoms. The van der Waals surface area contributed by atoms with E-state index in [-0.39, 0.29) is 11.5 Å². The molecule has 0 aromatic rings. The molecule has 1 nitrogen and oxygen atoms in total. The molecule has 4 fully saturated rings. The maximum Gasteiger partial charge on any atom is 0.0602 e. The van der Waals surface area contributed by atoms with Gasteiger partial charge in [-0.3, -0.25) is 0 Å². The molecule has 4 aliphatic carbocycles. The topological polar surface area (TPSA) is 20.2 Å². The first-order valence-electron chi connectivity index (χ1n) is 7.05. The van der Waals surface area contributed by atoms with Crippen molar-refractivity contribution < 1.29 is 5.11 Å². The Balaban J connectivity index is 1.96. The summed E-state index contributed by atoms with van der Waals surface area (Å²) >= 11 is 0. The SMILES string of the molecule is CC(C)[C@@H]1C[C@@H]2[C@]3(C)C[C@H]1C[C@@]2(C)[C@@H](O)C3. The van der Waals surface area contributed by atoms with Crippen LogP contribution in [0.25, 0.3) is 0 Å². The minimum Gasteiger partial charge on any atom is -0.393 e. The lowest BCUT2D eigenvalue weighted by Gasteiger charge is -2.57. The highest BCUT2D eigenvalue weighted by Crippen LogP contribution is 2.70. The van der Waals surface area contributed by atoms with Gasteiger partial charge in [0, 0.05) is 0 Å². The summed E-state index contributed by atoms with van der Waals surface area (Å²) < 4.78 is 0. The minimum absolute atomic E-state index is 0.0272. The average Bonchev–Trinajstić information content (AvgIpc) is 2.27. The highest BCUT2D eigenvalue weighted by atomic mass is 16.3. The smallest absolute Gasteiger partial charge is 0.0602 e. The molecule has 0 saturated heterocycles. The van der Waals surface area contributed by atoms with Gasteiger partial charge in [-0.05, 0) is 60.2 Å². The van der Waals surface area contributed by atoms with Crippen LogP contribution in [0.5, 0.6) is 0 Å². The Morgan fingerprint density at radius 2 is 1.81 bits per heavy atom. The monoisotopic (exact) mass is 222 g/mol. The fourth-order valence-electron chi connectivity index (χ4n) is 5.72. The largest absolute Gasteiger partial charge is 0.393 e. The lowest BCUT2D eigenvalue weighted by Crippen LogP contribution is -2.51. The summed E-state index contributed by atoms with van der Waals surface area (Å²) in [5, 5.41) is 10.4.